The molecule has 0 fully saturated rings. The highest BCUT2D eigenvalue weighted by molar-refractivity contribution is 7.98. The van der Waals surface area contributed by atoms with Crippen LogP contribution >= 0.6 is 23.1 Å². The van der Waals surface area contributed by atoms with E-state index in [1.165, 1.54) is 28.3 Å². The number of nitrogens with zero attached hydrogens (tertiary/aromatic N) is 2. The van der Waals surface area contributed by atoms with Crippen LogP contribution in [0.3, 0.4) is 0 Å². The van der Waals surface area contributed by atoms with Gasteiger partial charge in [-0.2, -0.15) is 0 Å². The van der Waals surface area contributed by atoms with E-state index < -0.39 is 5.97 Å². The Morgan fingerprint density at radius 2 is 1.93 bits per heavy atom. The molecule has 4 rings (SSSR count). The van der Waals surface area contributed by atoms with Crippen molar-refractivity contribution in [2.75, 3.05) is 0 Å². The van der Waals surface area contributed by atoms with Crippen molar-refractivity contribution < 1.29 is 14.3 Å². The predicted octanol–water partition coefficient (Wildman–Crippen LogP) is 5.56. The number of fused-ring (bicyclic) bond motifs is 1. The Morgan fingerprint density at radius 3 is 2.63 bits per heavy atom. The molecule has 5 nitrogen and oxygen atoms in total. The van der Waals surface area contributed by atoms with Crippen LogP contribution in [0.25, 0.3) is 21.3 Å². The van der Waals surface area contributed by atoms with Gasteiger partial charge >= 0.3 is 5.97 Å². The van der Waals surface area contributed by atoms with Crippen molar-refractivity contribution in [1.29, 1.82) is 0 Å². The molecular weight excluding hydrogens is 380 g/mol. The Hall–Kier alpha value is -2.64. The normalized spacial score (nSPS) is 11.2. The molecule has 0 unspecified atom stereocenters. The molecule has 0 spiro atoms. The molecule has 1 aromatic carbocycles. The first-order chi connectivity index (χ1) is 13.0. The zero-order valence-corrected chi connectivity index (χ0v) is 16.4. The number of hydrogen-bond acceptors (Lipinski definition) is 6. The number of hydrogen-bond donors (Lipinski definition) is 1. The minimum Gasteiger partial charge on any atom is -0.475 e. The summed E-state index contributed by atoms with van der Waals surface area (Å²) in [6.07, 6.45) is 1.57. The van der Waals surface area contributed by atoms with Crippen LogP contribution in [0.1, 0.15) is 26.8 Å². The SMILES string of the molecule is Cc1ccc(-c2c(C)sc3ncnc(SCc4ccc(C(=O)O)o4)c23)cc1. The van der Waals surface area contributed by atoms with Gasteiger partial charge in [-0.1, -0.05) is 41.6 Å². The van der Waals surface area contributed by atoms with Crippen molar-refractivity contribution in [3.63, 3.8) is 0 Å². The molecule has 3 heterocycles. The lowest BCUT2D eigenvalue weighted by Gasteiger charge is -2.06. The molecule has 0 saturated carbocycles. The number of benzene rings is 1. The van der Waals surface area contributed by atoms with Crippen LogP contribution in [0, 0.1) is 13.8 Å². The number of aryl methyl sites for hydroxylation is 2. The number of carboxylic acids is 1. The van der Waals surface area contributed by atoms with Crippen molar-refractivity contribution in [3.05, 3.63) is 64.7 Å². The van der Waals surface area contributed by atoms with Crippen molar-refractivity contribution in [3.8, 4) is 11.1 Å². The summed E-state index contributed by atoms with van der Waals surface area (Å²) in [4.78, 5) is 22.0. The number of carbonyl (C=O) groups is 1. The molecule has 0 saturated heterocycles. The van der Waals surface area contributed by atoms with Gasteiger partial charge in [0.2, 0.25) is 5.76 Å². The monoisotopic (exact) mass is 396 g/mol. The summed E-state index contributed by atoms with van der Waals surface area (Å²) in [7, 11) is 0. The fourth-order valence-electron chi connectivity index (χ4n) is 2.90. The summed E-state index contributed by atoms with van der Waals surface area (Å²) in [6.45, 7) is 4.17. The molecule has 0 aliphatic carbocycles. The summed E-state index contributed by atoms with van der Waals surface area (Å²) in [5.41, 5.74) is 3.52. The third-order valence-corrected chi connectivity index (χ3v) is 6.22. The van der Waals surface area contributed by atoms with E-state index >= 15 is 0 Å². The zero-order valence-electron chi connectivity index (χ0n) is 14.7. The molecule has 0 aliphatic rings. The molecule has 4 aromatic rings. The number of rotatable bonds is 5. The topological polar surface area (TPSA) is 76.2 Å². The summed E-state index contributed by atoms with van der Waals surface area (Å²) in [5.74, 6) is -0.00862. The highest BCUT2D eigenvalue weighted by Crippen LogP contribution is 2.41. The fourth-order valence-corrected chi connectivity index (χ4v) is 4.88. The number of furan rings is 1. The minimum atomic E-state index is -1.06. The van der Waals surface area contributed by atoms with Crippen molar-refractivity contribution in [1.82, 2.24) is 9.97 Å². The van der Waals surface area contributed by atoms with E-state index in [0.29, 0.717) is 11.5 Å². The smallest absolute Gasteiger partial charge is 0.371 e. The Kier molecular flexibility index (Phi) is 4.72. The Morgan fingerprint density at radius 1 is 1.15 bits per heavy atom. The first-order valence-corrected chi connectivity index (χ1v) is 10.1. The molecule has 136 valence electrons. The Labute approximate surface area is 164 Å². The second kappa shape index (κ2) is 7.17. The second-order valence-corrected chi connectivity index (χ2v) is 8.29. The predicted molar refractivity (Wildman–Crippen MR) is 108 cm³/mol. The quantitative estimate of drug-likeness (QED) is 0.352. The Balaban J connectivity index is 1.72. The number of aromatic nitrogens is 2. The first-order valence-electron chi connectivity index (χ1n) is 8.29. The maximum absolute atomic E-state index is 11.0. The van der Waals surface area contributed by atoms with Crippen LogP contribution in [0.15, 0.2) is 52.2 Å². The van der Waals surface area contributed by atoms with E-state index in [4.69, 9.17) is 9.52 Å². The lowest BCUT2D eigenvalue weighted by atomic mass is 10.0. The van der Waals surface area contributed by atoms with Crippen LogP contribution in [0.4, 0.5) is 0 Å². The van der Waals surface area contributed by atoms with Gasteiger partial charge in [0.05, 0.1) is 11.1 Å². The second-order valence-electron chi connectivity index (χ2n) is 6.12. The lowest BCUT2D eigenvalue weighted by Crippen LogP contribution is -1.92. The number of carboxylic acid groups (broad SMARTS) is 1. The van der Waals surface area contributed by atoms with E-state index in [0.717, 1.165) is 26.4 Å². The van der Waals surface area contributed by atoms with Crippen molar-refractivity contribution in [2.45, 2.75) is 24.6 Å². The fraction of sp³-hybridized carbons (Fsp3) is 0.150. The summed E-state index contributed by atoms with van der Waals surface area (Å²) in [5, 5.41) is 10.9. The van der Waals surface area contributed by atoms with Crippen molar-refractivity contribution >= 4 is 39.3 Å². The molecule has 1 N–H and O–H groups in total. The maximum Gasteiger partial charge on any atom is 0.371 e. The molecule has 0 amide bonds. The first kappa shape index (κ1) is 17.8. The van der Waals surface area contributed by atoms with E-state index in [9.17, 15) is 4.79 Å². The maximum atomic E-state index is 11.0. The molecule has 27 heavy (non-hydrogen) atoms. The van der Waals surface area contributed by atoms with Gasteiger partial charge in [0.15, 0.2) is 0 Å². The standard InChI is InChI=1S/C20H16N2O3S2/c1-11-3-5-13(6-4-11)16-12(2)27-19-17(16)18(21-10-22-19)26-9-14-7-8-15(25-14)20(23)24/h3-8,10H,9H2,1-2H3,(H,23,24). The highest BCUT2D eigenvalue weighted by Gasteiger charge is 2.18. The van der Waals surface area contributed by atoms with Gasteiger partial charge in [-0.25, -0.2) is 14.8 Å². The minimum absolute atomic E-state index is 0.0508. The van der Waals surface area contributed by atoms with Gasteiger partial charge < -0.3 is 9.52 Å². The average Bonchev–Trinajstić information content (AvgIpc) is 3.25. The van der Waals surface area contributed by atoms with Crippen LogP contribution in [-0.4, -0.2) is 21.0 Å². The van der Waals surface area contributed by atoms with E-state index in [1.54, 1.807) is 23.7 Å². The highest BCUT2D eigenvalue weighted by atomic mass is 32.2. The lowest BCUT2D eigenvalue weighted by molar-refractivity contribution is 0.0661. The summed E-state index contributed by atoms with van der Waals surface area (Å²) >= 11 is 3.18. The van der Waals surface area contributed by atoms with Crippen LogP contribution < -0.4 is 0 Å². The summed E-state index contributed by atoms with van der Waals surface area (Å²) in [6, 6.07) is 11.6. The molecular formula is C20H16N2O3S2. The van der Waals surface area contributed by atoms with E-state index in [2.05, 4.69) is 48.1 Å². The molecule has 0 atom stereocenters. The van der Waals surface area contributed by atoms with Gasteiger partial charge in [0.1, 0.15) is 21.9 Å². The molecule has 7 heteroatoms. The van der Waals surface area contributed by atoms with E-state index in [-0.39, 0.29) is 5.76 Å². The van der Waals surface area contributed by atoms with Gasteiger partial charge in [0, 0.05) is 10.4 Å². The zero-order chi connectivity index (χ0) is 19.0. The van der Waals surface area contributed by atoms with E-state index in [1.807, 2.05) is 0 Å². The third-order valence-electron chi connectivity index (χ3n) is 4.19. The Bertz CT molecular complexity index is 1130. The molecule has 0 radical (unpaired) electrons. The van der Waals surface area contributed by atoms with Crippen LogP contribution in [-0.2, 0) is 5.75 Å². The number of thiophene rings is 1. The van der Waals surface area contributed by atoms with Crippen LogP contribution in [0.2, 0.25) is 0 Å². The van der Waals surface area contributed by atoms with Gasteiger partial charge in [-0.15, -0.1) is 11.3 Å². The molecule has 3 aromatic heterocycles. The van der Waals surface area contributed by atoms with Crippen molar-refractivity contribution in [2.24, 2.45) is 0 Å². The number of thioether (sulfide) groups is 1. The third kappa shape index (κ3) is 3.48. The van der Waals surface area contributed by atoms with Gasteiger partial charge in [0.25, 0.3) is 0 Å². The van der Waals surface area contributed by atoms with Gasteiger partial charge in [-0.3, -0.25) is 0 Å². The van der Waals surface area contributed by atoms with Crippen LogP contribution in [0.5, 0.6) is 0 Å². The summed E-state index contributed by atoms with van der Waals surface area (Å²) < 4.78 is 5.35. The largest absolute Gasteiger partial charge is 0.475 e. The average molecular weight is 396 g/mol. The number of aromatic carboxylic acids is 1. The molecule has 0 bridgehead atoms. The van der Waals surface area contributed by atoms with Gasteiger partial charge in [-0.05, 0) is 31.5 Å². The molecule has 0 aliphatic heterocycles.